The minimum Gasteiger partial charge on any atom is -0.0616 e. The monoisotopic (exact) mass is 636 g/mol. The van der Waals surface area contributed by atoms with Crippen LogP contribution in [0.1, 0.15) is 0 Å². The van der Waals surface area contributed by atoms with Crippen molar-refractivity contribution < 1.29 is 0 Å². The summed E-state index contributed by atoms with van der Waals surface area (Å²) in [5.41, 5.74) is 7.26. The molecule has 4 rings (SSSR count). The zero-order valence-corrected chi connectivity index (χ0v) is 22.7. The molecule has 0 aliphatic heterocycles. The number of benzene rings is 4. The largest absolute Gasteiger partial charge is 0.0616 e. The van der Waals surface area contributed by atoms with Gasteiger partial charge in [-0.2, -0.15) is 0 Å². The van der Waals surface area contributed by atoms with E-state index in [9.17, 15) is 0 Å². The highest BCUT2D eigenvalue weighted by Crippen LogP contribution is 2.43. The summed E-state index contributed by atoms with van der Waals surface area (Å²) in [6.07, 6.45) is 0. The zero-order valence-electron chi connectivity index (χ0n) is 15.5. The summed E-state index contributed by atoms with van der Waals surface area (Å²) in [5, 5.41) is 0. The molecule has 150 valence electrons. The molecule has 30 heavy (non-hydrogen) atoms. The van der Waals surface area contributed by atoms with Crippen molar-refractivity contribution in [3.8, 4) is 33.4 Å². The molecular weight excluding hydrogens is 624 g/mol. The normalized spacial score (nSPS) is 10.9. The van der Waals surface area contributed by atoms with Gasteiger partial charge in [-0.05, 0) is 145 Å². The van der Waals surface area contributed by atoms with Crippen LogP contribution in [0.15, 0.2) is 106 Å². The molecule has 0 aliphatic carbocycles. The maximum atomic E-state index is 3.58. The molecule has 0 saturated carbocycles. The minimum atomic E-state index is 1.20. The Morgan fingerprint density at radius 2 is 0.667 bits per heavy atom. The van der Waals surface area contributed by atoms with Crippen molar-refractivity contribution in [1.29, 1.82) is 0 Å². The lowest BCUT2D eigenvalue weighted by Crippen LogP contribution is -1.89. The molecule has 4 aromatic rings. The highest BCUT2D eigenvalue weighted by Gasteiger charge is 2.13. The third kappa shape index (κ3) is 4.89. The van der Waals surface area contributed by atoms with E-state index in [1.165, 1.54) is 48.1 Å². The van der Waals surface area contributed by atoms with E-state index in [2.05, 4.69) is 135 Å². The van der Waals surface area contributed by atoms with Gasteiger partial charge in [-0.15, -0.1) is 0 Å². The SMILES string of the molecule is BrSc1ccccc1-c1cc(-c2ccccc2SBr)cc(-c2ccccc2SBr)c1. The average molecular weight is 639 g/mol. The van der Waals surface area contributed by atoms with Crippen LogP contribution in [-0.2, 0) is 0 Å². The van der Waals surface area contributed by atoms with E-state index in [4.69, 9.17) is 0 Å². The van der Waals surface area contributed by atoms with Gasteiger partial charge in [-0.1, -0.05) is 54.6 Å². The van der Waals surface area contributed by atoms with Gasteiger partial charge in [0.25, 0.3) is 0 Å². The van der Waals surface area contributed by atoms with E-state index in [-0.39, 0.29) is 0 Å². The summed E-state index contributed by atoms with van der Waals surface area (Å²) in [6, 6.07) is 32.4. The molecule has 0 aromatic heterocycles. The molecule has 0 spiro atoms. The van der Waals surface area contributed by atoms with Crippen LogP contribution in [0.4, 0.5) is 0 Å². The summed E-state index contributed by atoms with van der Waals surface area (Å²) in [6.45, 7) is 0. The van der Waals surface area contributed by atoms with Gasteiger partial charge in [0.2, 0.25) is 0 Å². The lowest BCUT2D eigenvalue weighted by atomic mass is 9.93. The second kappa shape index (κ2) is 10.8. The summed E-state index contributed by atoms with van der Waals surface area (Å²) in [5.74, 6) is 0. The quantitative estimate of drug-likeness (QED) is 0.206. The Morgan fingerprint density at radius 3 is 0.933 bits per heavy atom. The molecule has 0 amide bonds. The van der Waals surface area contributed by atoms with Gasteiger partial charge in [0, 0.05) is 14.7 Å². The Bertz CT molecular complexity index is 1020. The molecule has 0 heterocycles. The van der Waals surface area contributed by atoms with E-state index < -0.39 is 0 Å². The van der Waals surface area contributed by atoms with Crippen molar-refractivity contribution in [2.24, 2.45) is 0 Å². The van der Waals surface area contributed by atoms with Crippen LogP contribution in [0.3, 0.4) is 0 Å². The first-order chi connectivity index (χ1) is 14.7. The van der Waals surface area contributed by atoms with E-state index in [1.807, 2.05) is 0 Å². The van der Waals surface area contributed by atoms with Gasteiger partial charge in [0.15, 0.2) is 0 Å². The minimum absolute atomic E-state index is 1.20. The van der Waals surface area contributed by atoms with Gasteiger partial charge in [-0.3, -0.25) is 0 Å². The number of halogens is 3. The first kappa shape index (κ1) is 22.6. The van der Waals surface area contributed by atoms with Gasteiger partial charge in [0.05, 0.1) is 0 Å². The molecule has 0 nitrogen and oxygen atoms in total. The molecule has 6 heteroatoms. The maximum absolute atomic E-state index is 3.58. The average Bonchev–Trinajstić information content (AvgIpc) is 2.83. The standard InChI is InChI=1S/C24H15Br3S3/c25-28-22-10-4-1-7-19(22)16-13-17(20-8-2-5-11-23(20)29-26)15-18(14-16)21-9-3-6-12-24(21)30-27/h1-15H. The topological polar surface area (TPSA) is 0 Å². The van der Waals surface area contributed by atoms with Crippen LogP contribution in [0.25, 0.3) is 33.4 Å². The number of hydrogen-bond acceptors (Lipinski definition) is 3. The maximum Gasteiger partial charge on any atom is 0.0266 e. The summed E-state index contributed by atoms with van der Waals surface area (Å²) in [7, 11) is 4.79. The van der Waals surface area contributed by atoms with Crippen molar-refractivity contribution in [2.45, 2.75) is 14.7 Å². The summed E-state index contributed by atoms with van der Waals surface area (Å²) >= 11 is 10.7. The van der Waals surface area contributed by atoms with Crippen LogP contribution < -0.4 is 0 Å². The third-order valence-corrected chi connectivity index (χ3v) is 9.48. The fourth-order valence-electron chi connectivity index (χ4n) is 3.41. The van der Waals surface area contributed by atoms with E-state index in [0.717, 1.165) is 0 Å². The highest BCUT2D eigenvalue weighted by molar-refractivity contribution is 9.50. The Hall–Kier alpha value is -0.630. The van der Waals surface area contributed by atoms with Crippen molar-refractivity contribution in [1.82, 2.24) is 0 Å². The van der Waals surface area contributed by atoms with Crippen LogP contribution in [0.5, 0.6) is 0 Å². The fourth-order valence-corrected chi connectivity index (χ4v) is 7.15. The third-order valence-electron chi connectivity index (χ3n) is 4.78. The van der Waals surface area contributed by atoms with Crippen molar-refractivity contribution in [3.05, 3.63) is 91.0 Å². The first-order valence-electron chi connectivity index (χ1n) is 9.04. The van der Waals surface area contributed by atoms with Crippen molar-refractivity contribution >= 4 is 75.0 Å². The Labute approximate surface area is 212 Å². The molecule has 0 N–H and O–H groups in total. The fraction of sp³-hybridized carbons (Fsp3) is 0. The summed E-state index contributed by atoms with van der Waals surface area (Å²) < 4.78 is 0. The molecule has 0 aliphatic rings. The van der Waals surface area contributed by atoms with Crippen LogP contribution >= 0.6 is 75.0 Å². The smallest absolute Gasteiger partial charge is 0.0266 e. The molecule has 0 saturated heterocycles. The van der Waals surface area contributed by atoms with E-state index >= 15 is 0 Å². The number of hydrogen-bond donors (Lipinski definition) is 0. The van der Waals surface area contributed by atoms with Gasteiger partial charge in [0.1, 0.15) is 0 Å². The van der Waals surface area contributed by atoms with E-state index in [0.29, 0.717) is 0 Å². The van der Waals surface area contributed by atoms with Gasteiger partial charge in [-0.25, -0.2) is 0 Å². The molecular formula is C24H15Br3S3. The Balaban J connectivity index is 2.00. The Kier molecular flexibility index (Phi) is 8.12. The second-order valence-electron chi connectivity index (χ2n) is 6.52. The molecule has 0 atom stereocenters. The molecule has 0 bridgehead atoms. The van der Waals surface area contributed by atoms with Gasteiger partial charge < -0.3 is 0 Å². The van der Waals surface area contributed by atoms with Crippen LogP contribution in [-0.4, -0.2) is 0 Å². The van der Waals surface area contributed by atoms with Crippen molar-refractivity contribution in [3.63, 3.8) is 0 Å². The highest BCUT2D eigenvalue weighted by atomic mass is 79.9. The Morgan fingerprint density at radius 1 is 0.400 bits per heavy atom. The molecule has 4 aromatic carbocycles. The second-order valence-corrected chi connectivity index (χ2v) is 11.2. The lowest BCUT2D eigenvalue weighted by molar-refractivity contribution is 1.41. The molecule has 0 fully saturated rings. The summed E-state index contributed by atoms with van der Waals surface area (Å²) in [4.78, 5) is 3.60. The molecule has 0 radical (unpaired) electrons. The van der Waals surface area contributed by atoms with Gasteiger partial charge >= 0.3 is 0 Å². The first-order valence-corrected chi connectivity index (χ1v) is 17.0. The molecule has 0 unspecified atom stereocenters. The van der Waals surface area contributed by atoms with Crippen LogP contribution in [0, 0.1) is 0 Å². The van der Waals surface area contributed by atoms with E-state index in [1.54, 1.807) is 30.6 Å². The predicted molar refractivity (Wildman–Crippen MR) is 147 cm³/mol. The number of rotatable bonds is 6. The van der Waals surface area contributed by atoms with Crippen LogP contribution in [0.2, 0.25) is 0 Å². The lowest BCUT2D eigenvalue weighted by Gasteiger charge is -2.15. The van der Waals surface area contributed by atoms with Crippen molar-refractivity contribution in [2.75, 3.05) is 0 Å². The zero-order chi connectivity index (χ0) is 20.9. The predicted octanol–water partition coefficient (Wildman–Crippen LogP) is 10.9.